The van der Waals surface area contributed by atoms with E-state index in [9.17, 15) is 0 Å². The molecule has 0 aromatic carbocycles. The van der Waals surface area contributed by atoms with Gasteiger partial charge in [-0.1, -0.05) is 0 Å². The maximum Gasteiger partial charge on any atom is 1.00 e. The Hall–Kier alpha value is 1.37. The molecule has 0 aromatic rings. The van der Waals surface area contributed by atoms with E-state index in [1.54, 1.807) is 14.2 Å². The summed E-state index contributed by atoms with van der Waals surface area (Å²) in [6.07, 6.45) is 0. The number of methoxy groups -OCH3 is 2. The van der Waals surface area contributed by atoms with Crippen molar-refractivity contribution < 1.29 is 46.6 Å². The molecule has 13 heavy (non-hydrogen) atoms. The van der Waals surface area contributed by atoms with Crippen molar-refractivity contribution in [2.24, 2.45) is 0 Å². The molecule has 0 saturated carbocycles. The van der Waals surface area contributed by atoms with Crippen molar-refractivity contribution in [2.75, 3.05) is 40.6 Å². The van der Waals surface area contributed by atoms with Crippen molar-refractivity contribution in [1.29, 1.82) is 0 Å². The summed E-state index contributed by atoms with van der Waals surface area (Å²) in [5.74, 6) is 2.03. The van der Waals surface area contributed by atoms with E-state index < -0.39 is 14.8 Å². The Balaban J connectivity index is 0. The zero-order valence-corrected chi connectivity index (χ0v) is 12.6. The molecule has 0 rings (SSSR count). The number of hydrogen-bond acceptors (Lipinski definition) is 4. The van der Waals surface area contributed by atoms with Gasteiger partial charge in [0, 0.05) is 27.4 Å². The number of hydrogen-bond donors (Lipinski definition) is 0. The molecule has 0 spiro atoms. The number of rotatable bonds is 8. The summed E-state index contributed by atoms with van der Waals surface area (Å²) in [5, 5.41) is 0. The maximum absolute atomic E-state index is 5.40. The Labute approximate surface area is 107 Å². The van der Waals surface area contributed by atoms with Gasteiger partial charge in [0.15, 0.2) is 0 Å². The first-order valence-electron chi connectivity index (χ1n) is 4.26. The first kappa shape index (κ1) is 16.8. The predicted molar refractivity (Wildman–Crippen MR) is 48.7 cm³/mol. The summed E-state index contributed by atoms with van der Waals surface area (Å²) >= 11 is -1.76. The predicted octanol–water partition coefficient (Wildman–Crippen LogP) is -2.83. The second-order valence-electron chi connectivity index (χ2n) is 2.50. The molecule has 0 fully saturated rings. The van der Waals surface area contributed by atoms with Gasteiger partial charge in [0.2, 0.25) is 0 Å². The average Bonchev–Trinajstić information content (AvgIpc) is 2.06. The van der Waals surface area contributed by atoms with Crippen molar-refractivity contribution in [3.8, 4) is 0 Å². The molecular weight excluding hydrogens is 198 g/mol. The summed E-state index contributed by atoms with van der Waals surface area (Å²) < 4.78 is 20.5. The third-order valence-electron chi connectivity index (χ3n) is 1.44. The Morgan fingerprint density at radius 1 is 0.846 bits per heavy atom. The van der Waals surface area contributed by atoms with Gasteiger partial charge in [0.1, 0.15) is 0 Å². The average molecular weight is 216 g/mol. The van der Waals surface area contributed by atoms with Crippen molar-refractivity contribution >= 4 is 14.8 Å². The minimum atomic E-state index is -1.76. The van der Waals surface area contributed by atoms with Crippen LogP contribution in [0.5, 0.6) is 0 Å². The van der Waals surface area contributed by atoms with Gasteiger partial charge in [-0.05, 0) is 0 Å². The third kappa shape index (κ3) is 13.4. The summed E-state index contributed by atoms with van der Waals surface area (Å²) in [6.45, 7) is 2.56. The zero-order chi connectivity index (χ0) is 9.23. The normalized spacial score (nSPS) is 10.2. The molecule has 4 nitrogen and oxygen atoms in total. The third-order valence-corrected chi connectivity index (χ3v) is 3.17. The molecule has 74 valence electrons. The van der Waals surface area contributed by atoms with Gasteiger partial charge in [0.05, 0.1) is 13.2 Å². The first-order valence-corrected chi connectivity index (χ1v) is 6.82. The molecular formula is C7H18AlNaO4. The topological polar surface area (TPSA) is 36.9 Å². The molecule has 0 saturated heterocycles. The van der Waals surface area contributed by atoms with Crippen molar-refractivity contribution in [2.45, 2.75) is 5.79 Å². The van der Waals surface area contributed by atoms with Gasteiger partial charge in [-0.2, -0.15) is 5.79 Å². The molecule has 0 unspecified atom stereocenters. The monoisotopic (exact) mass is 216 g/mol. The summed E-state index contributed by atoms with van der Waals surface area (Å²) in [7, 11) is 3.32. The molecule has 0 amide bonds. The SMILES string of the molecule is COCC[O][AlH-]([CH3])[O]CCOC.[Na+]. The number of ether oxygens (including phenoxy) is 2. The molecule has 0 aliphatic heterocycles. The van der Waals surface area contributed by atoms with Crippen LogP contribution in [0.2, 0.25) is 5.79 Å². The molecule has 0 bridgehead atoms. The molecule has 0 N–H and O–H groups in total. The van der Waals surface area contributed by atoms with Crippen LogP contribution in [0.25, 0.3) is 0 Å². The quantitative estimate of drug-likeness (QED) is 0.324. The van der Waals surface area contributed by atoms with E-state index >= 15 is 0 Å². The van der Waals surface area contributed by atoms with Gasteiger partial charge in [-0.15, -0.1) is 0 Å². The van der Waals surface area contributed by atoms with Crippen LogP contribution < -0.4 is 29.6 Å². The van der Waals surface area contributed by atoms with Crippen LogP contribution in [0.4, 0.5) is 0 Å². The fourth-order valence-electron chi connectivity index (χ4n) is 0.750. The fraction of sp³-hybridized carbons (Fsp3) is 1.00. The van der Waals surface area contributed by atoms with Crippen molar-refractivity contribution in [3.63, 3.8) is 0 Å². The van der Waals surface area contributed by atoms with Crippen LogP contribution in [0, 0.1) is 0 Å². The molecule has 0 atom stereocenters. The first-order chi connectivity index (χ1) is 5.81. The minimum Gasteiger partial charge on any atom is -0.637 e. The Bertz CT molecular complexity index is 86.6. The van der Waals surface area contributed by atoms with Gasteiger partial charge >= 0.3 is 44.4 Å². The van der Waals surface area contributed by atoms with Gasteiger partial charge in [-0.3, -0.25) is 0 Å². The second kappa shape index (κ2) is 13.4. The van der Waals surface area contributed by atoms with E-state index in [2.05, 4.69) is 0 Å². The van der Waals surface area contributed by atoms with E-state index in [4.69, 9.17) is 17.1 Å². The molecule has 0 aromatic heterocycles. The standard InChI is InChI=1S/2C3H7O2.CH3.Al.Na.H/c2*1-5-3-2-4;;;;/h2*2-3H2,1H3;1H3;;;/q2*-1;;2*+1;. The van der Waals surface area contributed by atoms with E-state index in [1.807, 2.05) is 5.79 Å². The smallest absolute Gasteiger partial charge is 0.637 e. The van der Waals surface area contributed by atoms with E-state index in [0.29, 0.717) is 26.4 Å². The van der Waals surface area contributed by atoms with Crippen LogP contribution >= 0.6 is 0 Å². The van der Waals surface area contributed by atoms with Crippen molar-refractivity contribution in [3.05, 3.63) is 0 Å². The van der Waals surface area contributed by atoms with Crippen LogP contribution in [-0.4, -0.2) is 55.5 Å². The van der Waals surface area contributed by atoms with Crippen LogP contribution in [0.1, 0.15) is 0 Å². The van der Waals surface area contributed by atoms with Crippen LogP contribution in [-0.2, 0) is 17.1 Å². The minimum absolute atomic E-state index is 0. The largest absolute Gasteiger partial charge is 1.00 e. The van der Waals surface area contributed by atoms with Crippen molar-refractivity contribution in [1.82, 2.24) is 0 Å². The van der Waals surface area contributed by atoms with Gasteiger partial charge < -0.3 is 17.1 Å². The van der Waals surface area contributed by atoms with Gasteiger partial charge in [0.25, 0.3) is 0 Å². The van der Waals surface area contributed by atoms with Gasteiger partial charge in [-0.25, -0.2) is 0 Å². The van der Waals surface area contributed by atoms with E-state index in [1.165, 1.54) is 0 Å². The Morgan fingerprint density at radius 2 is 1.23 bits per heavy atom. The molecule has 0 aliphatic rings. The summed E-state index contributed by atoms with van der Waals surface area (Å²) in [4.78, 5) is 0. The zero-order valence-electron chi connectivity index (χ0n) is 9.17. The van der Waals surface area contributed by atoms with E-state index in [0.717, 1.165) is 0 Å². The Morgan fingerprint density at radius 3 is 1.54 bits per heavy atom. The van der Waals surface area contributed by atoms with Crippen LogP contribution in [0.15, 0.2) is 0 Å². The maximum atomic E-state index is 5.40. The summed E-state index contributed by atoms with van der Waals surface area (Å²) in [5.41, 5.74) is 0. The fourth-order valence-corrected chi connectivity index (χ4v) is 1.92. The molecule has 6 heteroatoms. The van der Waals surface area contributed by atoms with E-state index in [-0.39, 0.29) is 29.6 Å². The molecule has 0 heterocycles. The molecule has 0 radical (unpaired) electrons. The Kier molecular flexibility index (Phi) is 17.3. The summed E-state index contributed by atoms with van der Waals surface area (Å²) in [6, 6.07) is 0. The van der Waals surface area contributed by atoms with Crippen LogP contribution in [0.3, 0.4) is 0 Å². The molecule has 0 aliphatic carbocycles. The second-order valence-corrected chi connectivity index (χ2v) is 4.70.